The molecule has 140 valence electrons. The summed E-state index contributed by atoms with van der Waals surface area (Å²) >= 11 is 1.82. The van der Waals surface area contributed by atoms with Crippen LogP contribution in [0.25, 0.3) is 6.08 Å². The molecule has 0 unspecified atom stereocenters. The molecule has 4 heterocycles. The van der Waals surface area contributed by atoms with Gasteiger partial charge in [-0.2, -0.15) is 0 Å². The zero-order valence-corrected chi connectivity index (χ0v) is 16.0. The van der Waals surface area contributed by atoms with Gasteiger partial charge in [0.1, 0.15) is 5.82 Å². The molecule has 2 aliphatic heterocycles. The quantitative estimate of drug-likeness (QED) is 0.824. The average molecular weight is 382 g/mol. The van der Waals surface area contributed by atoms with E-state index >= 15 is 0 Å². The van der Waals surface area contributed by atoms with E-state index in [-0.39, 0.29) is 11.8 Å². The molecule has 2 aliphatic rings. The van der Waals surface area contributed by atoms with Crippen molar-refractivity contribution in [3.63, 3.8) is 0 Å². The topological polar surface area (TPSA) is 62.3 Å². The minimum absolute atomic E-state index is 0.0101. The van der Waals surface area contributed by atoms with E-state index < -0.39 is 0 Å². The Kier molecular flexibility index (Phi) is 5.34. The van der Waals surface area contributed by atoms with Crippen molar-refractivity contribution in [2.75, 3.05) is 18.4 Å². The Labute approximate surface area is 163 Å². The summed E-state index contributed by atoms with van der Waals surface area (Å²) < 4.78 is 0. The molecule has 1 saturated heterocycles. The summed E-state index contributed by atoms with van der Waals surface area (Å²) in [6, 6.07) is 6.30. The van der Waals surface area contributed by atoms with Gasteiger partial charge in [-0.15, -0.1) is 11.3 Å². The van der Waals surface area contributed by atoms with Crippen LogP contribution in [-0.4, -0.2) is 34.8 Å². The van der Waals surface area contributed by atoms with Crippen molar-refractivity contribution in [2.45, 2.75) is 32.1 Å². The third kappa shape index (κ3) is 4.45. The van der Waals surface area contributed by atoms with Crippen LogP contribution in [0.4, 0.5) is 5.82 Å². The average Bonchev–Trinajstić information content (AvgIpc) is 3.19. The number of anilines is 1. The monoisotopic (exact) mass is 381 g/mol. The van der Waals surface area contributed by atoms with Crippen LogP contribution in [0.1, 0.15) is 35.3 Å². The summed E-state index contributed by atoms with van der Waals surface area (Å²) in [4.78, 5) is 31.6. The molecule has 0 bridgehead atoms. The van der Waals surface area contributed by atoms with Crippen molar-refractivity contribution in [1.29, 1.82) is 0 Å². The minimum atomic E-state index is 0.0101. The van der Waals surface area contributed by atoms with E-state index in [1.807, 2.05) is 28.4 Å². The zero-order chi connectivity index (χ0) is 18.6. The van der Waals surface area contributed by atoms with Crippen LogP contribution in [0, 0.1) is 5.92 Å². The maximum absolute atomic E-state index is 12.5. The molecular formula is C21H23N3O2S. The van der Waals surface area contributed by atoms with E-state index in [0.717, 1.165) is 43.5 Å². The number of hydrogen-bond acceptors (Lipinski definition) is 4. The van der Waals surface area contributed by atoms with Gasteiger partial charge in [0, 0.05) is 36.7 Å². The highest BCUT2D eigenvalue weighted by atomic mass is 32.1. The van der Waals surface area contributed by atoms with Crippen molar-refractivity contribution in [2.24, 2.45) is 5.92 Å². The Hall–Kier alpha value is -2.47. The molecule has 0 aromatic carbocycles. The first-order chi connectivity index (χ1) is 13.2. The van der Waals surface area contributed by atoms with Gasteiger partial charge >= 0.3 is 0 Å². The molecule has 27 heavy (non-hydrogen) atoms. The first kappa shape index (κ1) is 17.9. The van der Waals surface area contributed by atoms with Gasteiger partial charge in [-0.3, -0.25) is 9.59 Å². The molecule has 1 N–H and O–H groups in total. The summed E-state index contributed by atoms with van der Waals surface area (Å²) in [5.74, 6) is 1.39. The van der Waals surface area contributed by atoms with Crippen LogP contribution < -0.4 is 5.32 Å². The van der Waals surface area contributed by atoms with Crippen LogP contribution >= 0.6 is 11.3 Å². The number of aromatic nitrogens is 1. The van der Waals surface area contributed by atoms with Crippen molar-refractivity contribution in [3.05, 3.63) is 51.9 Å². The number of hydrogen-bond donors (Lipinski definition) is 1. The van der Waals surface area contributed by atoms with E-state index in [2.05, 4.69) is 27.8 Å². The lowest BCUT2D eigenvalue weighted by molar-refractivity contribution is -0.127. The predicted octanol–water partition coefficient (Wildman–Crippen LogP) is 3.52. The van der Waals surface area contributed by atoms with Crippen LogP contribution in [0.15, 0.2) is 35.9 Å². The Bertz CT molecular complexity index is 852. The van der Waals surface area contributed by atoms with E-state index in [1.54, 1.807) is 12.3 Å². The number of amides is 2. The number of fused-ring (bicyclic) bond motifs is 1. The molecule has 0 radical (unpaired) electrons. The largest absolute Gasteiger partial charge is 0.339 e. The highest BCUT2D eigenvalue weighted by molar-refractivity contribution is 7.09. The van der Waals surface area contributed by atoms with Crippen LogP contribution in [0.2, 0.25) is 0 Å². The maximum Gasteiger partial charge on any atom is 0.246 e. The van der Waals surface area contributed by atoms with Crippen LogP contribution in [-0.2, 0) is 22.4 Å². The molecule has 6 heteroatoms. The highest BCUT2D eigenvalue weighted by Gasteiger charge is 2.22. The number of pyridine rings is 1. The zero-order valence-electron chi connectivity index (χ0n) is 15.2. The SMILES string of the molecule is O=C1CCc2cc(C=CC(=O)N3CCC(Cc4cccs4)CC3)cnc2N1. The van der Waals surface area contributed by atoms with Crippen molar-refractivity contribution >= 4 is 35.0 Å². The van der Waals surface area contributed by atoms with E-state index in [0.29, 0.717) is 24.6 Å². The summed E-state index contributed by atoms with van der Waals surface area (Å²) in [6.45, 7) is 1.65. The van der Waals surface area contributed by atoms with Gasteiger partial charge in [-0.05, 0) is 66.3 Å². The number of piperidine rings is 1. The maximum atomic E-state index is 12.5. The smallest absolute Gasteiger partial charge is 0.246 e. The third-order valence-corrected chi connectivity index (χ3v) is 6.18. The summed E-state index contributed by atoms with van der Waals surface area (Å²) in [5.41, 5.74) is 1.92. The van der Waals surface area contributed by atoms with Gasteiger partial charge in [0.2, 0.25) is 11.8 Å². The van der Waals surface area contributed by atoms with Crippen molar-refractivity contribution in [1.82, 2.24) is 9.88 Å². The highest BCUT2D eigenvalue weighted by Crippen LogP contribution is 2.24. The van der Waals surface area contributed by atoms with Crippen LogP contribution in [0.5, 0.6) is 0 Å². The Morgan fingerprint density at radius 1 is 1.33 bits per heavy atom. The van der Waals surface area contributed by atoms with E-state index in [4.69, 9.17) is 0 Å². The molecule has 4 rings (SSSR count). The number of carbonyl (C=O) groups excluding carboxylic acids is 2. The molecule has 5 nitrogen and oxygen atoms in total. The number of aryl methyl sites for hydroxylation is 1. The van der Waals surface area contributed by atoms with Gasteiger partial charge in [0.15, 0.2) is 0 Å². The van der Waals surface area contributed by atoms with Gasteiger partial charge in [-0.1, -0.05) is 6.07 Å². The van der Waals surface area contributed by atoms with Gasteiger partial charge in [0.25, 0.3) is 0 Å². The fourth-order valence-corrected chi connectivity index (χ4v) is 4.53. The first-order valence-electron chi connectivity index (χ1n) is 9.45. The second kappa shape index (κ2) is 8.05. The fourth-order valence-electron chi connectivity index (χ4n) is 3.71. The van der Waals surface area contributed by atoms with Gasteiger partial charge in [0.05, 0.1) is 0 Å². The van der Waals surface area contributed by atoms with Gasteiger partial charge in [-0.25, -0.2) is 4.98 Å². The predicted molar refractivity (Wildman–Crippen MR) is 108 cm³/mol. The van der Waals surface area contributed by atoms with Crippen molar-refractivity contribution < 1.29 is 9.59 Å². The second-order valence-electron chi connectivity index (χ2n) is 7.21. The third-order valence-electron chi connectivity index (χ3n) is 5.28. The lowest BCUT2D eigenvalue weighted by atomic mass is 9.93. The molecular weight excluding hydrogens is 358 g/mol. The molecule has 0 saturated carbocycles. The summed E-state index contributed by atoms with van der Waals surface area (Å²) in [7, 11) is 0. The molecule has 0 aliphatic carbocycles. The normalized spacial score (nSPS) is 17.8. The summed E-state index contributed by atoms with van der Waals surface area (Å²) in [5, 5.41) is 4.90. The second-order valence-corrected chi connectivity index (χ2v) is 8.24. The number of nitrogens with one attached hydrogen (secondary N) is 1. The van der Waals surface area contributed by atoms with E-state index in [9.17, 15) is 9.59 Å². The van der Waals surface area contributed by atoms with Crippen molar-refractivity contribution in [3.8, 4) is 0 Å². The number of likely N-dealkylation sites (tertiary alicyclic amines) is 1. The molecule has 2 amide bonds. The Morgan fingerprint density at radius 2 is 2.19 bits per heavy atom. The van der Waals surface area contributed by atoms with E-state index in [1.165, 1.54) is 4.88 Å². The fraction of sp³-hybridized carbons (Fsp3) is 0.381. The summed E-state index contributed by atoms with van der Waals surface area (Å²) in [6.07, 6.45) is 9.61. The molecule has 1 fully saturated rings. The molecule has 2 aromatic rings. The standard InChI is InChI=1S/C21H23N3O2S/c25-19-5-4-17-12-16(14-22-21(17)23-19)3-6-20(26)24-9-7-15(8-10-24)13-18-2-1-11-27-18/h1-3,6,11-12,14-15H,4-5,7-10,13H2,(H,22,23,25). The first-order valence-corrected chi connectivity index (χ1v) is 10.3. The minimum Gasteiger partial charge on any atom is -0.339 e. The number of rotatable bonds is 4. The Morgan fingerprint density at radius 3 is 2.96 bits per heavy atom. The van der Waals surface area contributed by atoms with Crippen LogP contribution in [0.3, 0.4) is 0 Å². The number of carbonyl (C=O) groups is 2. The molecule has 2 aromatic heterocycles. The molecule has 0 atom stereocenters. The number of nitrogens with zero attached hydrogens (tertiary/aromatic N) is 2. The number of thiophene rings is 1. The Balaban J connectivity index is 1.31. The van der Waals surface area contributed by atoms with Gasteiger partial charge < -0.3 is 10.2 Å². The lowest BCUT2D eigenvalue weighted by Crippen LogP contribution is -2.37. The lowest BCUT2D eigenvalue weighted by Gasteiger charge is -2.31. The molecule has 0 spiro atoms.